The molecule has 0 aliphatic carbocycles. The molecule has 8 heteroatoms. The molecular formula is C18H29IN6O. The molecule has 0 aliphatic heterocycles. The lowest BCUT2D eigenvalue weighted by Gasteiger charge is -2.15. The predicted octanol–water partition coefficient (Wildman–Crippen LogP) is 2.61. The summed E-state index contributed by atoms with van der Waals surface area (Å²) in [5.41, 5.74) is 1.14. The number of aromatic nitrogens is 3. The van der Waals surface area contributed by atoms with E-state index in [1.165, 1.54) is 0 Å². The molecule has 2 N–H and O–H groups in total. The van der Waals surface area contributed by atoms with Crippen LogP contribution < -0.4 is 15.4 Å². The minimum Gasteiger partial charge on any atom is -0.497 e. The first-order valence-electron chi connectivity index (χ1n) is 8.66. The van der Waals surface area contributed by atoms with Crippen molar-refractivity contribution in [1.29, 1.82) is 0 Å². The van der Waals surface area contributed by atoms with Crippen LogP contribution in [0.15, 0.2) is 35.6 Å². The Morgan fingerprint density at radius 3 is 2.62 bits per heavy atom. The summed E-state index contributed by atoms with van der Waals surface area (Å²) < 4.78 is 7.24. The summed E-state index contributed by atoms with van der Waals surface area (Å²) in [6, 6.07) is 8.27. The summed E-state index contributed by atoms with van der Waals surface area (Å²) in [5, 5.41) is 14.8. The van der Waals surface area contributed by atoms with Gasteiger partial charge in [-0.1, -0.05) is 19.1 Å². The summed E-state index contributed by atoms with van der Waals surface area (Å²) >= 11 is 0. The molecule has 0 unspecified atom stereocenters. The van der Waals surface area contributed by atoms with Gasteiger partial charge >= 0.3 is 0 Å². The van der Waals surface area contributed by atoms with E-state index in [4.69, 9.17) is 4.74 Å². The van der Waals surface area contributed by atoms with Gasteiger partial charge in [-0.2, -0.15) is 0 Å². The number of aliphatic imine (C=N–C) groups is 1. The number of rotatable bonds is 8. The summed E-state index contributed by atoms with van der Waals surface area (Å²) in [6.45, 7) is 8.44. The van der Waals surface area contributed by atoms with Crippen LogP contribution in [-0.2, 0) is 19.5 Å². The van der Waals surface area contributed by atoms with Crippen LogP contribution in [0.2, 0.25) is 0 Å². The number of halogens is 1. The van der Waals surface area contributed by atoms with Crippen LogP contribution in [0, 0.1) is 0 Å². The van der Waals surface area contributed by atoms with Crippen LogP contribution in [0.5, 0.6) is 5.75 Å². The molecule has 144 valence electrons. The Balaban J connectivity index is 0.00000338. The van der Waals surface area contributed by atoms with E-state index in [-0.39, 0.29) is 24.0 Å². The third-order valence-electron chi connectivity index (χ3n) is 3.66. The van der Waals surface area contributed by atoms with Crippen molar-refractivity contribution in [2.45, 2.75) is 46.3 Å². The van der Waals surface area contributed by atoms with Crippen molar-refractivity contribution in [2.24, 2.45) is 4.99 Å². The highest BCUT2D eigenvalue weighted by Crippen LogP contribution is 2.11. The molecule has 1 heterocycles. The molecule has 26 heavy (non-hydrogen) atoms. The number of methoxy groups -OCH3 is 1. The first-order chi connectivity index (χ1) is 12.1. The van der Waals surface area contributed by atoms with Gasteiger partial charge in [0, 0.05) is 25.6 Å². The van der Waals surface area contributed by atoms with E-state index in [0.29, 0.717) is 12.6 Å². The van der Waals surface area contributed by atoms with Crippen molar-refractivity contribution in [3.05, 3.63) is 42.0 Å². The molecule has 0 radical (unpaired) electrons. The highest BCUT2D eigenvalue weighted by molar-refractivity contribution is 14.0. The third kappa shape index (κ3) is 7.19. The molecule has 2 aromatic rings. The minimum absolute atomic E-state index is 0. The van der Waals surface area contributed by atoms with E-state index in [0.717, 1.165) is 42.6 Å². The molecule has 2 rings (SSSR count). The smallest absolute Gasteiger partial charge is 0.191 e. The number of aryl methyl sites for hydroxylation is 1. The molecule has 0 amide bonds. The van der Waals surface area contributed by atoms with Gasteiger partial charge in [0.05, 0.1) is 13.7 Å². The Morgan fingerprint density at radius 2 is 2.00 bits per heavy atom. The van der Waals surface area contributed by atoms with Crippen molar-refractivity contribution >= 4 is 29.9 Å². The topological polar surface area (TPSA) is 76.4 Å². The third-order valence-corrected chi connectivity index (χ3v) is 3.66. The van der Waals surface area contributed by atoms with Gasteiger partial charge in [0.25, 0.3) is 0 Å². The highest BCUT2D eigenvalue weighted by atomic mass is 127. The van der Waals surface area contributed by atoms with Gasteiger partial charge in [-0.3, -0.25) is 0 Å². The monoisotopic (exact) mass is 472 g/mol. The lowest BCUT2D eigenvalue weighted by molar-refractivity contribution is 0.414. The second kappa shape index (κ2) is 11.7. The maximum atomic E-state index is 5.18. The van der Waals surface area contributed by atoms with Crippen LogP contribution in [0.1, 0.15) is 32.2 Å². The molecule has 1 aromatic carbocycles. The van der Waals surface area contributed by atoms with E-state index in [2.05, 4.69) is 51.2 Å². The Morgan fingerprint density at radius 1 is 1.27 bits per heavy atom. The molecule has 7 nitrogen and oxygen atoms in total. The molecule has 0 saturated carbocycles. The second-order valence-corrected chi connectivity index (χ2v) is 6.03. The zero-order chi connectivity index (χ0) is 18.1. The molecule has 0 aliphatic rings. The Labute approximate surface area is 172 Å². The van der Waals surface area contributed by atoms with Gasteiger partial charge in [0.2, 0.25) is 0 Å². The first-order valence-corrected chi connectivity index (χ1v) is 8.66. The van der Waals surface area contributed by atoms with Crippen molar-refractivity contribution in [3.8, 4) is 5.75 Å². The van der Waals surface area contributed by atoms with E-state index in [1.54, 1.807) is 13.4 Å². The SMILES string of the molecule is CCc1nncn1CCNC(=NCc1ccc(OC)cc1)NC(C)C.I. The number of guanidine groups is 1. The van der Waals surface area contributed by atoms with E-state index < -0.39 is 0 Å². The van der Waals surface area contributed by atoms with E-state index in [1.807, 2.05) is 24.3 Å². The van der Waals surface area contributed by atoms with Crippen LogP contribution in [0.3, 0.4) is 0 Å². The average molecular weight is 472 g/mol. The number of ether oxygens (including phenoxy) is 1. The van der Waals surface area contributed by atoms with Gasteiger partial charge in [-0.25, -0.2) is 4.99 Å². The lowest BCUT2D eigenvalue weighted by atomic mass is 10.2. The summed E-state index contributed by atoms with van der Waals surface area (Å²) in [7, 11) is 1.67. The van der Waals surface area contributed by atoms with Gasteiger partial charge in [0.15, 0.2) is 5.96 Å². The number of benzene rings is 1. The van der Waals surface area contributed by atoms with Crippen LogP contribution in [0.25, 0.3) is 0 Å². The molecular weight excluding hydrogens is 443 g/mol. The molecule has 0 atom stereocenters. The van der Waals surface area contributed by atoms with Crippen LogP contribution in [-0.4, -0.2) is 40.4 Å². The number of nitrogens with zero attached hydrogens (tertiary/aromatic N) is 4. The second-order valence-electron chi connectivity index (χ2n) is 6.03. The number of hydrogen-bond donors (Lipinski definition) is 2. The molecule has 0 bridgehead atoms. The Kier molecular flexibility index (Phi) is 10.0. The van der Waals surface area contributed by atoms with Gasteiger partial charge in [-0.05, 0) is 31.5 Å². The largest absolute Gasteiger partial charge is 0.497 e. The standard InChI is InChI=1S/C18H28N6O.HI/c1-5-17-23-21-13-24(17)11-10-19-18(22-14(2)3)20-12-15-6-8-16(25-4)9-7-15;/h6-9,13-14H,5,10-12H2,1-4H3,(H2,19,20,22);1H. The lowest BCUT2D eigenvalue weighted by Crippen LogP contribution is -2.42. The maximum Gasteiger partial charge on any atom is 0.191 e. The fraction of sp³-hybridized carbons (Fsp3) is 0.500. The molecule has 0 saturated heterocycles. The zero-order valence-electron chi connectivity index (χ0n) is 15.9. The fourth-order valence-corrected chi connectivity index (χ4v) is 2.36. The quantitative estimate of drug-likeness (QED) is 0.351. The van der Waals surface area contributed by atoms with Gasteiger partial charge in [0.1, 0.15) is 17.9 Å². The minimum atomic E-state index is 0. The molecule has 0 fully saturated rings. The highest BCUT2D eigenvalue weighted by Gasteiger charge is 2.04. The number of nitrogens with one attached hydrogen (secondary N) is 2. The van der Waals surface area contributed by atoms with Crippen LogP contribution >= 0.6 is 24.0 Å². The normalized spacial score (nSPS) is 11.2. The Bertz CT molecular complexity index is 669. The van der Waals surface area contributed by atoms with Crippen molar-refractivity contribution in [2.75, 3.05) is 13.7 Å². The van der Waals surface area contributed by atoms with E-state index in [9.17, 15) is 0 Å². The fourth-order valence-electron chi connectivity index (χ4n) is 2.36. The van der Waals surface area contributed by atoms with Crippen LogP contribution in [0.4, 0.5) is 0 Å². The average Bonchev–Trinajstić information content (AvgIpc) is 3.07. The molecule has 0 spiro atoms. The van der Waals surface area contributed by atoms with E-state index >= 15 is 0 Å². The summed E-state index contributed by atoms with van der Waals surface area (Å²) in [4.78, 5) is 4.66. The van der Waals surface area contributed by atoms with Crippen molar-refractivity contribution in [3.63, 3.8) is 0 Å². The summed E-state index contributed by atoms with van der Waals surface area (Å²) in [5.74, 6) is 2.65. The first kappa shape index (κ1) is 22.2. The maximum absolute atomic E-state index is 5.18. The molecule has 1 aromatic heterocycles. The van der Waals surface area contributed by atoms with Crippen molar-refractivity contribution in [1.82, 2.24) is 25.4 Å². The predicted molar refractivity (Wildman–Crippen MR) is 115 cm³/mol. The van der Waals surface area contributed by atoms with Gasteiger partial charge < -0.3 is 19.9 Å². The Hall–Kier alpha value is -1.84. The zero-order valence-corrected chi connectivity index (χ0v) is 18.2. The number of hydrogen-bond acceptors (Lipinski definition) is 4. The summed E-state index contributed by atoms with van der Waals surface area (Å²) in [6.07, 6.45) is 2.65. The van der Waals surface area contributed by atoms with Gasteiger partial charge in [-0.15, -0.1) is 34.2 Å². The van der Waals surface area contributed by atoms with Crippen molar-refractivity contribution < 1.29 is 4.74 Å².